The number of aromatic nitrogens is 2. The van der Waals surface area contributed by atoms with Crippen molar-refractivity contribution in [1.29, 1.82) is 0 Å². The number of hydrogen-bond donors (Lipinski definition) is 0. The summed E-state index contributed by atoms with van der Waals surface area (Å²) < 4.78 is 7.56. The largest absolute Gasteiger partial charge is 0.497 e. The van der Waals surface area contributed by atoms with Gasteiger partial charge >= 0.3 is 0 Å². The van der Waals surface area contributed by atoms with E-state index in [4.69, 9.17) is 9.72 Å². The molecule has 0 saturated carbocycles. The van der Waals surface area contributed by atoms with Crippen LogP contribution in [0.15, 0.2) is 72.8 Å². The zero-order valence-corrected chi connectivity index (χ0v) is 14.4. The molecule has 0 fully saturated rings. The Morgan fingerprint density at radius 1 is 0.920 bits per heavy atom. The summed E-state index contributed by atoms with van der Waals surface area (Å²) in [6.07, 6.45) is 0. The van der Waals surface area contributed by atoms with Gasteiger partial charge in [-0.25, -0.2) is 4.98 Å². The van der Waals surface area contributed by atoms with Crippen LogP contribution in [0.25, 0.3) is 22.4 Å². The Balaban J connectivity index is 1.87. The predicted octanol–water partition coefficient (Wildman–Crippen LogP) is 5.07. The number of rotatable bonds is 4. The molecule has 0 saturated heterocycles. The number of benzene rings is 3. The van der Waals surface area contributed by atoms with Gasteiger partial charge in [-0.3, -0.25) is 0 Å². The Kier molecular flexibility index (Phi) is 3.98. The minimum Gasteiger partial charge on any atom is -0.497 e. The van der Waals surface area contributed by atoms with E-state index in [0.29, 0.717) is 0 Å². The number of methoxy groups -OCH3 is 1. The number of ether oxygens (including phenoxy) is 1. The van der Waals surface area contributed by atoms with Gasteiger partial charge in [-0.15, -0.1) is 0 Å². The number of imidazole rings is 1. The van der Waals surface area contributed by atoms with Gasteiger partial charge in [-0.05, 0) is 54.4 Å². The van der Waals surface area contributed by atoms with E-state index >= 15 is 0 Å². The van der Waals surface area contributed by atoms with E-state index < -0.39 is 0 Å². The van der Waals surface area contributed by atoms with E-state index in [9.17, 15) is 0 Å². The van der Waals surface area contributed by atoms with E-state index in [1.165, 1.54) is 11.1 Å². The van der Waals surface area contributed by atoms with E-state index in [-0.39, 0.29) is 0 Å². The molecule has 0 aliphatic rings. The molecule has 3 heteroatoms. The van der Waals surface area contributed by atoms with Crippen LogP contribution in [0.2, 0.25) is 0 Å². The summed E-state index contributed by atoms with van der Waals surface area (Å²) in [5, 5.41) is 0. The predicted molar refractivity (Wildman–Crippen MR) is 102 cm³/mol. The van der Waals surface area contributed by atoms with Gasteiger partial charge in [-0.2, -0.15) is 0 Å². The third-order valence-corrected chi connectivity index (χ3v) is 4.44. The molecule has 0 aliphatic heterocycles. The van der Waals surface area contributed by atoms with E-state index in [2.05, 4.69) is 66.1 Å². The Morgan fingerprint density at radius 2 is 1.68 bits per heavy atom. The molecule has 4 rings (SSSR count). The van der Waals surface area contributed by atoms with Crippen molar-refractivity contribution >= 4 is 11.0 Å². The molecule has 0 N–H and O–H groups in total. The molecule has 0 radical (unpaired) electrons. The maximum atomic E-state index is 5.28. The first-order chi connectivity index (χ1) is 12.2. The average molecular weight is 328 g/mol. The summed E-state index contributed by atoms with van der Waals surface area (Å²) in [7, 11) is 1.68. The molecule has 3 aromatic carbocycles. The van der Waals surface area contributed by atoms with Crippen LogP contribution in [0.1, 0.15) is 11.1 Å². The van der Waals surface area contributed by atoms with Gasteiger partial charge in [0.25, 0.3) is 0 Å². The van der Waals surface area contributed by atoms with Crippen molar-refractivity contribution in [1.82, 2.24) is 9.55 Å². The first-order valence-corrected chi connectivity index (χ1v) is 8.40. The fourth-order valence-corrected chi connectivity index (χ4v) is 3.13. The topological polar surface area (TPSA) is 27.1 Å². The van der Waals surface area contributed by atoms with E-state index in [1.807, 2.05) is 18.2 Å². The highest BCUT2D eigenvalue weighted by molar-refractivity contribution is 5.81. The molecule has 25 heavy (non-hydrogen) atoms. The van der Waals surface area contributed by atoms with Gasteiger partial charge < -0.3 is 9.30 Å². The molecule has 4 aromatic rings. The molecular formula is C22H20N2O. The number of hydrogen-bond acceptors (Lipinski definition) is 2. The first kappa shape index (κ1) is 15.5. The highest BCUT2D eigenvalue weighted by atomic mass is 16.5. The minimum absolute atomic E-state index is 0.793. The third kappa shape index (κ3) is 3.01. The average Bonchev–Trinajstić information content (AvgIpc) is 3.00. The van der Waals surface area contributed by atoms with Crippen LogP contribution >= 0.6 is 0 Å². The van der Waals surface area contributed by atoms with Crippen molar-refractivity contribution in [3.8, 4) is 17.1 Å². The molecular weight excluding hydrogens is 308 g/mol. The second kappa shape index (κ2) is 6.44. The number of nitrogens with zero attached hydrogens (tertiary/aromatic N) is 2. The summed E-state index contributed by atoms with van der Waals surface area (Å²) >= 11 is 0. The van der Waals surface area contributed by atoms with Crippen LogP contribution in [-0.4, -0.2) is 16.7 Å². The fourth-order valence-electron chi connectivity index (χ4n) is 3.13. The molecule has 1 heterocycles. The Labute approximate surface area is 147 Å². The van der Waals surface area contributed by atoms with Gasteiger partial charge in [0.05, 0.1) is 18.1 Å². The summed E-state index contributed by atoms with van der Waals surface area (Å²) in [6, 6.07) is 25.0. The maximum absolute atomic E-state index is 5.28. The summed E-state index contributed by atoms with van der Waals surface area (Å²) in [4.78, 5) is 4.92. The molecule has 0 spiro atoms. The quantitative estimate of drug-likeness (QED) is 0.523. The smallest absolute Gasteiger partial charge is 0.141 e. The molecule has 0 bridgehead atoms. The molecule has 0 amide bonds. The van der Waals surface area contributed by atoms with Gasteiger partial charge in [0.1, 0.15) is 11.6 Å². The zero-order valence-electron chi connectivity index (χ0n) is 14.4. The summed E-state index contributed by atoms with van der Waals surface area (Å²) in [5.74, 6) is 1.83. The molecule has 1 aromatic heterocycles. The van der Waals surface area contributed by atoms with Crippen molar-refractivity contribution in [3.05, 3.63) is 83.9 Å². The highest BCUT2D eigenvalue weighted by Gasteiger charge is 2.13. The Morgan fingerprint density at radius 3 is 2.40 bits per heavy atom. The van der Waals surface area contributed by atoms with E-state index in [1.54, 1.807) is 7.11 Å². The minimum atomic E-state index is 0.793. The monoisotopic (exact) mass is 328 g/mol. The lowest BCUT2D eigenvalue weighted by Gasteiger charge is -2.10. The lowest BCUT2D eigenvalue weighted by Crippen LogP contribution is -2.02. The SMILES string of the molecule is COc1ccc(-c2nc3cc(C)ccc3n2Cc2ccccc2)cc1. The molecule has 124 valence electrons. The molecule has 0 atom stereocenters. The van der Waals surface area contributed by atoms with Gasteiger partial charge in [0.15, 0.2) is 0 Å². The van der Waals surface area contributed by atoms with Crippen LogP contribution in [0, 0.1) is 6.92 Å². The normalized spacial score (nSPS) is 11.0. The standard InChI is InChI=1S/C22H20N2O/c1-16-8-13-21-20(14-16)23-22(18-9-11-19(25-2)12-10-18)24(21)15-17-6-4-3-5-7-17/h3-14H,15H2,1-2H3. The Bertz CT molecular complexity index is 1000. The van der Waals surface area contributed by atoms with Crippen molar-refractivity contribution in [2.75, 3.05) is 7.11 Å². The number of fused-ring (bicyclic) bond motifs is 1. The van der Waals surface area contributed by atoms with Gasteiger partial charge in [0, 0.05) is 12.1 Å². The lowest BCUT2D eigenvalue weighted by molar-refractivity contribution is 0.415. The van der Waals surface area contributed by atoms with Crippen LogP contribution in [0.3, 0.4) is 0 Å². The van der Waals surface area contributed by atoms with Crippen LogP contribution in [0.5, 0.6) is 5.75 Å². The van der Waals surface area contributed by atoms with Crippen molar-refractivity contribution in [3.63, 3.8) is 0 Å². The van der Waals surface area contributed by atoms with Gasteiger partial charge in [0.2, 0.25) is 0 Å². The van der Waals surface area contributed by atoms with E-state index in [0.717, 1.165) is 34.7 Å². The molecule has 3 nitrogen and oxygen atoms in total. The lowest BCUT2D eigenvalue weighted by atomic mass is 10.2. The third-order valence-electron chi connectivity index (χ3n) is 4.44. The van der Waals surface area contributed by atoms with Crippen LogP contribution < -0.4 is 4.74 Å². The fraction of sp³-hybridized carbons (Fsp3) is 0.136. The van der Waals surface area contributed by atoms with Crippen molar-refractivity contribution in [2.45, 2.75) is 13.5 Å². The zero-order chi connectivity index (χ0) is 17.2. The maximum Gasteiger partial charge on any atom is 0.141 e. The van der Waals surface area contributed by atoms with Crippen LogP contribution in [0.4, 0.5) is 0 Å². The second-order valence-corrected chi connectivity index (χ2v) is 6.23. The summed E-state index contributed by atoms with van der Waals surface area (Å²) in [6.45, 7) is 2.89. The van der Waals surface area contributed by atoms with Crippen LogP contribution in [-0.2, 0) is 6.54 Å². The molecule has 0 aliphatic carbocycles. The first-order valence-electron chi connectivity index (χ1n) is 8.40. The summed E-state index contributed by atoms with van der Waals surface area (Å²) in [5.41, 5.74) is 5.75. The van der Waals surface area contributed by atoms with Gasteiger partial charge in [-0.1, -0.05) is 36.4 Å². The van der Waals surface area contributed by atoms with Crippen molar-refractivity contribution < 1.29 is 4.74 Å². The number of aryl methyl sites for hydroxylation is 1. The second-order valence-electron chi connectivity index (χ2n) is 6.23. The Hall–Kier alpha value is -3.07. The highest BCUT2D eigenvalue weighted by Crippen LogP contribution is 2.28. The van der Waals surface area contributed by atoms with Crippen molar-refractivity contribution in [2.24, 2.45) is 0 Å². The molecule has 0 unspecified atom stereocenters.